The number of nitrogens with one attached hydrogen (secondary N) is 1. The second kappa shape index (κ2) is 5.14. The molecule has 0 unspecified atom stereocenters. The number of H-pyrrole nitrogens is 1. The largest absolute Gasteiger partial charge is 0.360 e. The van der Waals surface area contributed by atoms with Gasteiger partial charge in [0, 0.05) is 29.8 Å². The fraction of sp³-hybridized carbons (Fsp3) is 0.0588. The number of benzene rings is 2. The van der Waals surface area contributed by atoms with Crippen LogP contribution in [0.5, 0.6) is 0 Å². The van der Waals surface area contributed by atoms with Gasteiger partial charge in [0.15, 0.2) is 0 Å². The van der Waals surface area contributed by atoms with Crippen molar-refractivity contribution in [1.29, 1.82) is 5.26 Å². The van der Waals surface area contributed by atoms with Crippen LogP contribution in [0.4, 0.5) is 5.69 Å². The van der Waals surface area contributed by atoms with E-state index >= 15 is 0 Å². The van der Waals surface area contributed by atoms with Crippen molar-refractivity contribution >= 4 is 22.5 Å². The van der Waals surface area contributed by atoms with Gasteiger partial charge in [-0.05, 0) is 24.3 Å². The van der Waals surface area contributed by atoms with Crippen molar-refractivity contribution in [2.75, 3.05) is 11.9 Å². The zero-order valence-corrected chi connectivity index (χ0v) is 11.5. The molecule has 0 bridgehead atoms. The molecule has 0 aliphatic carbocycles. The summed E-state index contributed by atoms with van der Waals surface area (Å²) < 4.78 is 0. The Labute approximate surface area is 122 Å². The Morgan fingerprint density at radius 2 is 2.00 bits per heavy atom. The average Bonchev–Trinajstić information content (AvgIpc) is 2.97. The lowest BCUT2D eigenvalue weighted by Gasteiger charge is -2.17. The molecule has 0 atom stereocenters. The highest BCUT2D eigenvalue weighted by molar-refractivity contribution is 6.13. The first-order valence-electron chi connectivity index (χ1n) is 6.55. The lowest BCUT2D eigenvalue weighted by Crippen LogP contribution is -2.26. The molecule has 0 saturated heterocycles. The minimum Gasteiger partial charge on any atom is -0.360 e. The second-order valence-corrected chi connectivity index (χ2v) is 4.77. The number of fused-ring (bicyclic) bond motifs is 1. The van der Waals surface area contributed by atoms with Crippen LogP contribution in [0, 0.1) is 11.3 Å². The Balaban J connectivity index is 1.99. The van der Waals surface area contributed by atoms with Gasteiger partial charge in [0.05, 0.1) is 17.2 Å². The maximum absolute atomic E-state index is 12.6. The topological polar surface area (TPSA) is 59.9 Å². The van der Waals surface area contributed by atoms with E-state index in [1.807, 2.05) is 30.3 Å². The second-order valence-electron chi connectivity index (χ2n) is 4.77. The van der Waals surface area contributed by atoms with E-state index in [1.54, 1.807) is 36.3 Å². The smallest absolute Gasteiger partial charge is 0.260 e. The molecular weight excluding hydrogens is 262 g/mol. The number of carbonyl (C=O) groups is 1. The fourth-order valence-corrected chi connectivity index (χ4v) is 2.33. The van der Waals surface area contributed by atoms with Crippen molar-refractivity contribution < 1.29 is 4.79 Å². The van der Waals surface area contributed by atoms with Gasteiger partial charge in [-0.1, -0.05) is 24.3 Å². The molecule has 1 heterocycles. The third kappa shape index (κ3) is 2.26. The number of para-hydroxylation sites is 1. The number of rotatable bonds is 2. The fourth-order valence-electron chi connectivity index (χ4n) is 2.33. The number of aromatic nitrogens is 1. The summed E-state index contributed by atoms with van der Waals surface area (Å²) in [6, 6.07) is 16.8. The monoisotopic (exact) mass is 275 g/mol. The summed E-state index contributed by atoms with van der Waals surface area (Å²) in [5, 5.41) is 9.84. The molecule has 4 heteroatoms. The number of nitrogens with zero attached hydrogens (tertiary/aromatic N) is 2. The molecule has 0 fully saturated rings. The number of hydrogen-bond donors (Lipinski definition) is 1. The normalized spacial score (nSPS) is 10.3. The predicted molar refractivity (Wildman–Crippen MR) is 82.2 cm³/mol. The number of hydrogen-bond acceptors (Lipinski definition) is 2. The zero-order chi connectivity index (χ0) is 14.8. The number of amides is 1. The van der Waals surface area contributed by atoms with Crippen molar-refractivity contribution in [3.63, 3.8) is 0 Å². The molecule has 1 amide bonds. The first-order chi connectivity index (χ1) is 10.2. The maximum Gasteiger partial charge on any atom is 0.260 e. The van der Waals surface area contributed by atoms with Crippen LogP contribution in [-0.2, 0) is 0 Å². The number of aromatic amines is 1. The summed E-state index contributed by atoms with van der Waals surface area (Å²) in [6.45, 7) is 0. The van der Waals surface area contributed by atoms with Gasteiger partial charge in [-0.3, -0.25) is 4.79 Å². The van der Waals surface area contributed by atoms with Crippen LogP contribution in [0.3, 0.4) is 0 Å². The quantitative estimate of drug-likeness (QED) is 0.780. The summed E-state index contributed by atoms with van der Waals surface area (Å²) in [5.74, 6) is -0.109. The maximum atomic E-state index is 12.6. The first kappa shape index (κ1) is 12.9. The lowest BCUT2D eigenvalue weighted by atomic mass is 10.1. The van der Waals surface area contributed by atoms with Gasteiger partial charge in [-0.25, -0.2) is 0 Å². The summed E-state index contributed by atoms with van der Waals surface area (Å²) >= 11 is 0. The Bertz CT molecular complexity index is 858. The SMILES string of the molecule is CN(C(=O)c1c[nH]c2ccccc12)c1cccc(C#N)c1. The van der Waals surface area contributed by atoms with Crippen LogP contribution in [-0.4, -0.2) is 17.9 Å². The molecule has 1 aromatic heterocycles. The molecule has 3 aromatic rings. The van der Waals surface area contributed by atoms with E-state index < -0.39 is 0 Å². The molecule has 3 rings (SSSR count). The first-order valence-corrected chi connectivity index (χ1v) is 6.55. The van der Waals surface area contributed by atoms with Crippen LogP contribution in [0.1, 0.15) is 15.9 Å². The van der Waals surface area contributed by atoms with Crippen molar-refractivity contribution in [2.24, 2.45) is 0 Å². The highest BCUT2D eigenvalue weighted by atomic mass is 16.2. The van der Waals surface area contributed by atoms with Crippen molar-refractivity contribution in [3.05, 3.63) is 65.9 Å². The van der Waals surface area contributed by atoms with Gasteiger partial charge < -0.3 is 9.88 Å². The van der Waals surface area contributed by atoms with Gasteiger partial charge in [-0.15, -0.1) is 0 Å². The van der Waals surface area contributed by atoms with Gasteiger partial charge in [0.25, 0.3) is 5.91 Å². The lowest BCUT2D eigenvalue weighted by molar-refractivity contribution is 0.0994. The average molecular weight is 275 g/mol. The molecule has 0 spiro atoms. The molecule has 102 valence electrons. The van der Waals surface area contributed by atoms with Crippen molar-refractivity contribution in [1.82, 2.24) is 4.98 Å². The highest BCUT2D eigenvalue weighted by Gasteiger charge is 2.17. The zero-order valence-electron chi connectivity index (χ0n) is 11.5. The third-order valence-electron chi connectivity index (χ3n) is 3.49. The predicted octanol–water partition coefficient (Wildman–Crippen LogP) is 3.32. The number of carbonyl (C=O) groups excluding carboxylic acids is 1. The molecule has 1 N–H and O–H groups in total. The van der Waals surface area contributed by atoms with Crippen LogP contribution in [0.15, 0.2) is 54.7 Å². The van der Waals surface area contributed by atoms with Gasteiger partial charge >= 0.3 is 0 Å². The van der Waals surface area contributed by atoms with E-state index in [4.69, 9.17) is 5.26 Å². The summed E-state index contributed by atoms with van der Waals surface area (Å²) in [7, 11) is 1.71. The standard InChI is InChI=1S/C17H13N3O/c1-20(13-6-4-5-12(9-13)10-18)17(21)15-11-19-16-8-3-2-7-14(15)16/h2-9,11,19H,1H3. The highest BCUT2D eigenvalue weighted by Crippen LogP contribution is 2.22. The minimum atomic E-state index is -0.109. The molecule has 21 heavy (non-hydrogen) atoms. The molecule has 0 saturated carbocycles. The van der Waals surface area contributed by atoms with E-state index in [1.165, 1.54) is 0 Å². The van der Waals surface area contributed by atoms with E-state index in [9.17, 15) is 4.79 Å². The van der Waals surface area contributed by atoms with E-state index in [0.29, 0.717) is 16.8 Å². The molecular formula is C17H13N3O. The molecule has 0 aliphatic rings. The van der Waals surface area contributed by atoms with Crippen LogP contribution in [0.25, 0.3) is 10.9 Å². The molecule has 0 aliphatic heterocycles. The van der Waals surface area contributed by atoms with Crippen molar-refractivity contribution in [3.8, 4) is 6.07 Å². The number of anilines is 1. The third-order valence-corrected chi connectivity index (χ3v) is 3.49. The Kier molecular flexibility index (Phi) is 3.17. The van der Waals surface area contributed by atoms with Gasteiger partial charge in [-0.2, -0.15) is 5.26 Å². The molecule has 4 nitrogen and oxygen atoms in total. The van der Waals surface area contributed by atoms with E-state index in [-0.39, 0.29) is 5.91 Å². The van der Waals surface area contributed by atoms with E-state index in [2.05, 4.69) is 11.1 Å². The van der Waals surface area contributed by atoms with E-state index in [0.717, 1.165) is 10.9 Å². The Hall–Kier alpha value is -3.06. The Morgan fingerprint density at radius 1 is 1.19 bits per heavy atom. The molecule has 2 aromatic carbocycles. The van der Waals surface area contributed by atoms with Crippen LogP contribution < -0.4 is 4.90 Å². The summed E-state index contributed by atoms with van der Waals surface area (Å²) in [6.07, 6.45) is 1.72. The van der Waals surface area contributed by atoms with Crippen molar-refractivity contribution in [2.45, 2.75) is 0 Å². The van der Waals surface area contributed by atoms with Gasteiger partial charge in [0.1, 0.15) is 0 Å². The molecule has 0 radical (unpaired) electrons. The minimum absolute atomic E-state index is 0.109. The Morgan fingerprint density at radius 3 is 2.81 bits per heavy atom. The van der Waals surface area contributed by atoms with Gasteiger partial charge in [0.2, 0.25) is 0 Å². The van der Waals surface area contributed by atoms with Crippen LogP contribution in [0.2, 0.25) is 0 Å². The van der Waals surface area contributed by atoms with Crippen LogP contribution >= 0.6 is 0 Å². The summed E-state index contributed by atoms with van der Waals surface area (Å²) in [5.41, 5.74) is 2.78. The number of nitriles is 1. The summed E-state index contributed by atoms with van der Waals surface area (Å²) in [4.78, 5) is 17.3.